The third-order valence-electron chi connectivity index (χ3n) is 4.53. The Labute approximate surface area is 173 Å². The molecule has 0 aliphatic carbocycles. The molecule has 0 bridgehead atoms. The highest BCUT2D eigenvalue weighted by atomic mass is 32.2. The molecule has 1 N–H and O–H groups in total. The van der Waals surface area contributed by atoms with E-state index in [9.17, 15) is 13.2 Å². The molecular formula is C22H30N2O4S. The van der Waals surface area contributed by atoms with E-state index in [0.29, 0.717) is 12.1 Å². The van der Waals surface area contributed by atoms with Gasteiger partial charge in [-0.3, -0.25) is 9.10 Å². The summed E-state index contributed by atoms with van der Waals surface area (Å²) in [5.74, 6) is 0.375. The first-order valence-electron chi connectivity index (χ1n) is 9.67. The molecule has 29 heavy (non-hydrogen) atoms. The molecular weight excluding hydrogens is 388 g/mol. The molecule has 6 nitrogen and oxygen atoms in total. The van der Waals surface area contributed by atoms with E-state index in [2.05, 4.69) is 5.32 Å². The molecule has 2 aromatic rings. The molecule has 0 aliphatic rings. The number of hydrogen-bond donors (Lipinski definition) is 1. The number of rotatable bonds is 9. The number of sulfonamides is 1. The second-order valence-corrected chi connectivity index (χ2v) is 9.21. The minimum atomic E-state index is -3.64. The van der Waals surface area contributed by atoms with E-state index in [1.165, 1.54) is 4.31 Å². The fraction of sp³-hybridized carbons (Fsp3) is 0.409. The lowest BCUT2D eigenvalue weighted by Gasteiger charge is -2.31. The molecule has 1 amide bonds. The first-order chi connectivity index (χ1) is 13.6. The molecule has 2 atom stereocenters. The van der Waals surface area contributed by atoms with Gasteiger partial charge in [-0.2, -0.15) is 0 Å². The molecule has 0 heterocycles. The van der Waals surface area contributed by atoms with Gasteiger partial charge in [-0.25, -0.2) is 8.42 Å². The van der Waals surface area contributed by atoms with Gasteiger partial charge in [0, 0.05) is 0 Å². The second-order valence-electron chi connectivity index (χ2n) is 7.35. The number of anilines is 1. The Morgan fingerprint density at radius 3 is 2.03 bits per heavy atom. The highest BCUT2D eigenvalue weighted by molar-refractivity contribution is 7.92. The summed E-state index contributed by atoms with van der Waals surface area (Å²) in [4.78, 5) is 12.9. The summed E-state index contributed by atoms with van der Waals surface area (Å²) in [6.45, 7) is 7.83. The third-order valence-corrected chi connectivity index (χ3v) is 5.71. The van der Waals surface area contributed by atoms with Crippen LogP contribution in [0.2, 0.25) is 0 Å². The summed E-state index contributed by atoms with van der Waals surface area (Å²) < 4.78 is 31.8. The maximum absolute atomic E-state index is 12.9. The van der Waals surface area contributed by atoms with Crippen LogP contribution >= 0.6 is 0 Å². The SMILES string of the molecule is CC[C@@H](C(=O)N[C@H](C)COc1ccc(C)cc1)N(c1ccc(C)cc1)S(C)(=O)=O. The minimum absolute atomic E-state index is 0.280. The van der Waals surface area contributed by atoms with Gasteiger partial charge < -0.3 is 10.1 Å². The summed E-state index contributed by atoms with van der Waals surface area (Å²) in [6, 6.07) is 13.6. The van der Waals surface area contributed by atoms with Crippen LogP contribution in [0.15, 0.2) is 48.5 Å². The van der Waals surface area contributed by atoms with Gasteiger partial charge in [0.05, 0.1) is 18.0 Å². The van der Waals surface area contributed by atoms with E-state index in [1.54, 1.807) is 19.1 Å². The van der Waals surface area contributed by atoms with Crippen LogP contribution in [-0.4, -0.2) is 39.3 Å². The van der Waals surface area contributed by atoms with Crippen molar-refractivity contribution in [2.75, 3.05) is 17.2 Å². The zero-order chi connectivity index (χ0) is 21.6. The standard InChI is InChI=1S/C22H30N2O4S/c1-6-21(24(29(5,26)27)19-11-7-16(2)8-12-19)22(25)23-18(4)15-28-20-13-9-17(3)10-14-20/h7-14,18,21H,6,15H2,1-5H3,(H,23,25)/t18-,21+/m1/s1. The zero-order valence-electron chi connectivity index (χ0n) is 17.7. The highest BCUT2D eigenvalue weighted by Crippen LogP contribution is 2.23. The van der Waals surface area contributed by atoms with Crippen molar-refractivity contribution in [3.05, 3.63) is 59.7 Å². The van der Waals surface area contributed by atoms with Crippen LogP contribution in [0, 0.1) is 13.8 Å². The third kappa shape index (κ3) is 6.49. The molecule has 2 rings (SSSR count). The molecule has 2 aromatic carbocycles. The molecule has 7 heteroatoms. The van der Waals surface area contributed by atoms with Crippen LogP contribution in [0.25, 0.3) is 0 Å². The number of hydrogen-bond acceptors (Lipinski definition) is 4. The fourth-order valence-electron chi connectivity index (χ4n) is 2.99. The topological polar surface area (TPSA) is 75.7 Å². The first-order valence-corrected chi connectivity index (χ1v) is 11.5. The van der Waals surface area contributed by atoms with Gasteiger partial charge in [0.15, 0.2) is 0 Å². The van der Waals surface area contributed by atoms with E-state index >= 15 is 0 Å². The minimum Gasteiger partial charge on any atom is -0.491 e. The largest absolute Gasteiger partial charge is 0.491 e. The van der Waals surface area contributed by atoms with E-state index in [0.717, 1.165) is 23.1 Å². The summed E-state index contributed by atoms with van der Waals surface area (Å²) >= 11 is 0. The zero-order valence-corrected chi connectivity index (χ0v) is 18.5. The van der Waals surface area contributed by atoms with Gasteiger partial charge in [0.1, 0.15) is 18.4 Å². The number of carbonyl (C=O) groups is 1. The molecule has 0 unspecified atom stereocenters. The maximum Gasteiger partial charge on any atom is 0.244 e. The number of carbonyl (C=O) groups excluding carboxylic acids is 1. The Balaban J connectivity index is 2.09. The average Bonchev–Trinajstić information content (AvgIpc) is 2.65. The van der Waals surface area contributed by atoms with Crippen LogP contribution in [0.5, 0.6) is 5.75 Å². The van der Waals surface area contributed by atoms with Gasteiger partial charge in [-0.05, 0) is 51.5 Å². The Hall–Kier alpha value is -2.54. The van der Waals surface area contributed by atoms with Crippen molar-refractivity contribution in [1.82, 2.24) is 5.32 Å². The van der Waals surface area contributed by atoms with Gasteiger partial charge in [0.25, 0.3) is 0 Å². The van der Waals surface area contributed by atoms with Gasteiger partial charge in [-0.15, -0.1) is 0 Å². The monoisotopic (exact) mass is 418 g/mol. The number of benzene rings is 2. The van der Waals surface area contributed by atoms with Crippen molar-refractivity contribution in [2.45, 2.75) is 46.2 Å². The Bertz CT molecular complexity index is 909. The molecule has 0 spiro atoms. The summed E-state index contributed by atoms with van der Waals surface area (Å²) in [5.41, 5.74) is 2.63. The van der Waals surface area contributed by atoms with Crippen LogP contribution in [-0.2, 0) is 14.8 Å². The predicted molar refractivity (Wildman–Crippen MR) is 117 cm³/mol. The molecule has 0 fully saturated rings. The van der Waals surface area contributed by atoms with E-state index < -0.39 is 16.1 Å². The second kappa shape index (κ2) is 9.78. The van der Waals surface area contributed by atoms with E-state index in [4.69, 9.17) is 4.74 Å². The molecule has 0 aliphatic heterocycles. The molecule has 158 valence electrons. The predicted octanol–water partition coefficient (Wildman–Crippen LogP) is 3.43. The van der Waals surface area contributed by atoms with Crippen LogP contribution < -0.4 is 14.4 Å². The smallest absolute Gasteiger partial charge is 0.244 e. The van der Waals surface area contributed by atoms with Crippen LogP contribution in [0.1, 0.15) is 31.4 Å². The molecule has 0 radical (unpaired) electrons. The molecule has 0 aromatic heterocycles. The fourth-order valence-corrected chi connectivity index (χ4v) is 4.20. The first kappa shape index (κ1) is 22.7. The van der Waals surface area contributed by atoms with Crippen molar-refractivity contribution >= 4 is 21.6 Å². The summed E-state index contributed by atoms with van der Waals surface area (Å²) in [6.07, 6.45) is 1.46. The van der Waals surface area contributed by atoms with Crippen molar-refractivity contribution < 1.29 is 17.9 Å². The Morgan fingerprint density at radius 1 is 1.03 bits per heavy atom. The van der Waals surface area contributed by atoms with Crippen molar-refractivity contribution in [3.8, 4) is 5.75 Å². The van der Waals surface area contributed by atoms with Gasteiger partial charge in [0.2, 0.25) is 15.9 Å². The van der Waals surface area contributed by atoms with Crippen LogP contribution in [0.3, 0.4) is 0 Å². The van der Waals surface area contributed by atoms with E-state index in [1.807, 2.05) is 57.2 Å². The number of amides is 1. The number of ether oxygens (including phenoxy) is 1. The van der Waals surface area contributed by atoms with Crippen molar-refractivity contribution in [3.63, 3.8) is 0 Å². The lowest BCUT2D eigenvalue weighted by molar-refractivity contribution is -0.123. The normalized spacial score (nSPS) is 13.4. The highest BCUT2D eigenvalue weighted by Gasteiger charge is 2.32. The number of nitrogens with zero attached hydrogens (tertiary/aromatic N) is 1. The number of nitrogens with one attached hydrogen (secondary N) is 1. The Kier molecular flexibility index (Phi) is 7.67. The summed E-state index contributed by atoms with van der Waals surface area (Å²) in [7, 11) is -3.64. The average molecular weight is 419 g/mol. The number of aryl methyl sites for hydroxylation is 2. The lowest BCUT2D eigenvalue weighted by atomic mass is 10.1. The Morgan fingerprint density at radius 2 is 1.55 bits per heavy atom. The molecule has 0 saturated heterocycles. The van der Waals surface area contributed by atoms with Crippen molar-refractivity contribution in [2.24, 2.45) is 0 Å². The van der Waals surface area contributed by atoms with Gasteiger partial charge in [-0.1, -0.05) is 42.3 Å². The summed E-state index contributed by atoms with van der Waals surface area (Å²) in [5, 5.41) is 2.88. The lowest BCUT2D eigenvalue weighted by Crippen LogP contribution is -2.52. The maximum atomic E-state index is 12.9. The van der Waals surface area contributed by atoms with E-state index in [-0.39, 0.29) is 18.6 Å². The van der Waals surface area contributed by atoms with Crippen molar-refractivity contribution in [1.29, 1.82) is 0 Å². The van der Waals surface area contributed by atoms with Gasteiger partial charge >= 0.3 is 0 Å². The molecule has 0 saturated carbocycles. The quantitative estimate of drug-likeness (QED) is 0.677. The van der Waals surface area contributed by atoms with Crippen LogP contribution in [0.4, 0.5) is 5.69 Å².